The number of aromatic nitrogens is 1. The van der Waals surface area contributed by atoms with Crippen molar-refractivity contribution in [2.45, 2.75) is 52.7 Å². The quantitative estimate of drug-likeness (QED) is 0.636. The molecule has 0 spiro atoms. The molecule has 0 aliphatic carbocycles. The van der Waals surface area contributed by atoms with Crippen molar-refractivity contribution in [3.05, 3.63) is 39.8 Å². The minimum Gasteiger partial charge on any atom is -0.493 e. The molecule has 0 unspecified atom stereocenters. The molecule has 0 aromatic carbocycles. The van der Waals surface area contributed by atoms with Crippen molar-refractivity contribution in [2.75, 3.05) is 7.11 Å². The molecule has 9 heteroatoms. The van der Waals surface area contributed by atoms with Crippen LogP contribution in [0.4, 0.5) is 0 Å². The van der Waals surface area contributed by atoms with Gasteiger partial charge in [0.1, 0.15) is 12.1 Å². The first-order valence-electron chi connectivity index (χ1n) is 9.43. The van der Waals surface area contributed by atoms with E-state index < -0.39 is 23.9 Å². The van der Waals surface area contributed by atoms with Gasteiger partial charge in [0.05, 0.1) is 7.11 Å². The largest absolute Gasteiger partial charge is 0.493 e. The number of carbonyl (C=O) groups is 3. The highest BCUT2D eigenvalue weighted by Gasteiger charge is 2.27. The van der Waals surface area contributed by atoms with Gasteiger partial charge in [0.2, 0.25) is 5.75 Å². The molecule has 3 atom stereocenters. The summed E-state index contributed by atoms with van der Waals surface area (Å²) in [7, 11) is 1.38. The first-order chi connectivity index (χ1) is 14.1. The number of esters is 2. The number of thiophene rings is 1. The molecule has 0 fully saturated rings. The number of pyridine rings is 1. The first kappa shape index (κ1) is 23.3. The van der Waals surface area contributed by atoms with Gasteiger partial charge in [-0.15, -0.1) is 11.3 Å². The van der Waals surface area contributed by atoms with E-state index in [0.717, 1.165) is 4.88 Å². The fourth-order valence-electron chi connectivity index (χ4n) is 2.64. The third-order valence-corrected chi connectivity index (χ3v) is 5.67. The van der Waals surface area contributed by atoms with E-state index in [0.29, 0.717) is 0 Å². The van der Waals surface area contributed by atoms with Gasteiger partial charge in [-0.2, -0.15) is 0 Å². The zero-order valence-electron chi connectivity index (χ0n) is 17.8. The first-order valence-corrected chi connectivity index (χ1v) is 10.2. The van der Waals surface area contributed by atoms with Gasteiger partial charge in [-0.3, -0.25) is 9.59 Å². The molecule has 162 valence electrons. The molecule has 30 heavy (non-hydrogen) atoms. The van der Waals surface area contributed by atoms with Crippen molar-refractivity contribution in [2.24, 2.45) is 0 Å². The van der Waals surface area contributed by atoms with Crippen LogP contribution in [0.2, 0.25) is 0 Å². The number of hydrogen-bond donors (Lipinski definition) is 1. The van der Waals surface area contributed by atoms with Crippen LogP contribution in [0.3, 0.4) is 0 Å². The van der Waals surface area contributed by atoms with Gasteiger partial charge < -0.3 is 19.5 Å². The van der Waals surface area contributed by atoms with Gasteiger partial charge in [0.25, 0.3) is 5.91 Å². The van der Waals surface area contributed by atoms with E-state index in [1.54, 1.807) is 11.3 Å². The van der Waals surface area contributed by atoms with Gasteiger partial charge in [0, 0.05) is 34.9 Å². The average molecular weight is 435 g/mol. The van der Waals surface area contributed by atoms with E-state index in [1.165, 1.54) is 38.1 Å². The summed E-state index contributed by atoms with van der Waals surface area (Å²) >= 11 is 1.65. The molecule has 8 nitrogen and oxygen atoms in total. The smallest absolute Gasteiger partial charge is 0.328 e. The average Bonchev–Trinajstić information content (AvgIpc) is 3.13. The summed E-state index contributed by atoms with van der Waals surface area (Å²) in [6, 6.07) is 4.57. The van der Waals surface area contributed by atoms with Crippen LogP contribution in [-0.2, 0) is 14.3 Å². The van der Waals surface area contributed by atoms with Crippen molar-refractivity contribution < 1.29 is 28.6 Å². The van der Waals surface area contributed by atoms with E-state index in [2.05, 4.69) is 10.3 Å². The minimum absolute atomic E-state index is 0.0196. The molecular weight excluding hydrogens is 408 g/mol. The van der Waals surface area contributed by atoms with Gasteiger partial charge in [0.15, 0.2) is 11.4 Å². The Morgan fingerprint density at radius 1 is 1.13 bits per heavy atom. The summed E-state index contributed by atoms with van der Waals surface area (Å²) in [5, 5.41) is 2.53. The molecule has 1 amide bonds. The highest BCUT2D eigenvalue weighted by atomic mass is 32.1. The molecule has 2 heterocycles. The maximum absolute atomic E-state index is 12.6. The van der Waals surface area contributed by atoms with Crippen LogP contribution in [0.25, 0.3) is 0 Å². The number of nitrogens with zero attached hydrogens (tertiary/aromatic N) is 1. The van der Waals surface area contributed by atoms with Crippen LogP contribution >= 0.6 is 11.3 Å². The zero-order chi connectivity index (χ0) is 22.4. The summed E-state index contributed by atoms with van der Waals surface area (Å²) < 4.78 is 15.7. The van der Waals surface area contributed by atoms with Crippen molar-refractivity contribution in [3.63, 3.8) is 0 Å². The Bertz CT molecular complexity index is 926. The molecule has 0 aliphatic rings. The normalized spacial score (nSPS) is 13.7. The standard InChI is InChI=1S/C21H26N2O6S/c1-11-7-8-17(30-11)12(2)14(4)28-21(26)13(3)23-20(25)18-19(29-15(5)24)16(27-6)9-10-22-18/h7-10,12-14H,1-6H3,(H,23,25)/t12-,13+,14+/m1/s1. The lowest BCUT2D eigenvalue weighted by atomic mass is 10.0. The Balaban J connectivity index is 2.06. The zero-order valence-corrected chi connectivity index (χ0v) is 18.7. The van der Waals surface area contributed by atoms with Gasteiger partial charge >= 0.3 is 11.9 Å². The number of hydrogen-bond acceptors (Lipinski definition) is 8. The summed E-state index contributed by atoms with van der Waals surface area (Å²) in [6.45, 7) is 8.53. The molecule has 0 bridgehead atoms. The molecule has 2 aromatic rings. The van der Waals surface area contributed by atoms with Crippen molar-refractivity contribution in [1.29, 1.82) is 0 Å². The van der Waals surface area contributed by atoms with E-state index in [1.807, 2.05) is 32.9 Å². The molecule has 0 saturated heterocycles. The number of carbonyl (C=O) groups excluding carboxylic acids is 3. The number of ether oxygens (including phenoxy) is 3. The molecule has 2 aromatic heterocycles. The molecular formula is C21H26N2O6S. The Morgan fingerprint density at radius 2 is 1.83 bits per heavy atom. The van der Waals surface area contributed by atoms with Crippen LogP contribution in [0, 0.1) is 6.92 Å². The maximum Gasteiger partial charge on any atom is 0.328 e. The van der Waals surface area contributed by atoms with E-state index >= 15 is 0 Å². The second kappa shape index (κ2) is 10.2. The predicted molar refractivity (Wildman–Crippen MR) is 112 cm³/mol. The molecule has 0 saturated carbocycles. The second-order valence-corrected chi connectivity index (χ2v) is 8.18. The number of amides is 1. The molecule has 1 N–H and O–H groups in total. The van der Waals surface area contributed by atoms with E-state index in [-0.39, 0.29) is 29.2 Å². The summed E-state index contributed by atoms with van der Waals surface area (Å²) in [5.41, 5.74) is -0.167. The topological polar surface area (TPSA) is 104 Å². The number of rotatable bonds is 8. The van der Waals surface area contributed by atoms with Gasteiger partial charge in [-0.1, -0.05) is 6.92 Å². The molecule has 0 aliphatic heterocycles. The van der Waals surface area contributed by atoms with Crippen LogP contribution in [0.15, 0.2) is 24.4 Å². The van der Waals surface area contributed by atoms with Gasteiger partial charge in [-0.05, 0) is 32.9 Å². The fraction of sp³-hybridized carbons (Fsp3) is 0.429. The Kier molecular flexibility index (Phi) is 7.93. The summed E-state index contributed by atoms with van der Waals surface area (Å²) in [4.78, 5) is 42.8. The van der Waals surface area contributed by atoms with E-state index in [4.69, 9.17) is 14.2 Å². The number of nitrogens with one attached hydrogen (secondary N) is 1. The predicted octanol–water partition coefficient (Wildman–Crippen LogP) is 3.24. The van der Waals surface area contributed by atoms with Crippen molar-refractivity contribution in [3.8, 4) is 11.5 Å². The van der Waals surface area contributed by atoms with E-state index in [9.17, 15) is 14.4 Å². The monoisotopic (exact) mass is 434 g/mol. The highest BCUT2D eigenvalue weighted by molar-refractivity contribution is 7.12. The number of aryl methyl sites for hydroxylation is 1. The fourth-order valence-corrected chi connectivity index (χ4v) is 3.66. The van der Waals surface area contributed by atoms with Crippen LogP contribution in [0.1, 0.15) is 53.9 Å². The number of methoxy groups -OCH3 is 1. The molecule has 0 radical (unpaired) electrons. The van der Waals surface area contributed by atoms with Crippen molar-refractivity contribution >= 4 is 29.2 Å². The Morgan fingerprint density at radius 3 is 2.40 bits per heavy atom. The van der Waals surface area contributed by atoms with Crippen LogP contribution in [0.5, 0.6) is 11.5 Å². The Labute approximate surface area is 179 Å². The minimum atomic E-state index is -0.935. The van der Waals surface area contributed by atoms with Crippen molar-refractivity contribution in [1.82, 2.24) is 10.3 Å². The molecule has 2 rings (SSSR count). The van der Waals surface area contributed by atoms with Crippen LogP contribution in [-0.4, -0.2) is 42.1 Å². The van der Waals surface area contributed by atoms with Crippen LogP contribution < -0.4 is 14.8 Å². The second-order valence-electron chi connectivity index (χ2n) is 6.86. The lowest BCUT2D eigenvalue weighted by molar-refractivity contribution is -0.151. The summed E-state index contributed by atoms with van der Waals surface area (Å²) in [5.74, 6) is -1.81. The third kappa shape index (κ3) is 5.79. The lowest BCUT2D eigenvalue weighted by Crippen LogP contribution is -2.41. The third-order valence-electron chi connectivity index (χ3n) is 4.47. The summed E-state index contributed by atoms with van der Waals surface area (Å²) in [6.07, 6.45) is 0.970. The maximum atomic E-state index is 12.6. The highest BCUT2D eigenvalue weighted by Crippen LogP contribution is 2.30. The SMILES string of the molecule is COc1ccnc(C(=O)N[C@@H](C)C(=O)O[C@@H](C)[C@@H](C)c2ccc(C)s2)c1OC(C)=O. The van der Waals surface area contributed by atoms with Gasteiger partial charge in [-0.25, -0.2) is 9.78 Å². The lowest BCUT2D eigenvalue weighted by Gasteiger charge is -2.22. The Hall–Kier alpha value is -2.94.